The molecule has 0 aliphatic rings. The maximum absolute atomic E-state index is 6.13. The molecule has 0 radical (unpaired) electrons. The minimum Gasteiger partial charge on any atom is -0.262 e. The van der Waals surface area contributed by atoms with E-state index in [1.54, 1.807) is 6.20 Å². The first kappa shape index (κ1) is 12.0. The summed E-state index contributed by atoms with van der Waals surface area (Å²) in [5.41, 5.74) is 2.86. The quantitative estimate of drug-likeness (QED) is 0.787. The Morgan fingerprint density at radius 3 is 2.71 bits per heavy atom. The third-order valence-corrected chi connectivity index (χ3v) is 3.14. The van der Waals surface area contributed by atoms with Crippen molar-refractivity contribution in [3.63, 3.8) is 0 Å². The molecule has 0 unspecified atom stereocenters. The van der Waals surface area contributed by atoms with E-state index in [1.165, 1.54) is 0 Å². The number of rotatable bonds is 3. The number of hydrogen-bond donors (Lipinski definition) is 0. The fourth-order valence-electron chi connectivity index (χ4n) is 1.77. The highest BCUT2D eigenvalue weighted by Crippen LogP contribution is 2.22. The zero-order valence-electron chi connectivity index (χ0n) is 10.2. The summed E-state index contributed by atoms with van der Waals surface area (Å²) in [4.78, 5) is 8.87. The molecule has 0 aliphatic heterocycles. The molecule has 0 atom stereocenters. The molecule has 2 rings (SSSR count). The molecule has 5 heteroatoms. The first-order valence-corrected chi connectivity index (χ1v) is 6.10. The van der Waals surface area contributed by atoms with Gasteiger partial charge in [0.1, 0.15) is 10.8 Å². The van der Waals surface area contributed by atoms with Crippen molar-refractivity contribution in [3.8, 4) is 11.5 Å². The summed E-state index contributed by atoms with van der Waals surface area (Å²) in [6, 6.07) is 1.91. The van der Waals surface area contributed by atoms with Crippen molar-refractivity contribution < 1.29 is 0 Å². The molecule has 4 nitrogen and oxygen atoms in total. The molecular formula is C12H15ClN4. The van der Waals surface area contributed by atoms with E-state index in [9.17, 15) is 0 Å². The van der Waals surface area contributed by atoms with Crippen LogP contribution in [0.3, 0.4) is 0 Å². The SMILES string of the molecule is CCc1nc(-c2ccnn2CC)nc(Cl)c1C. The van der Waals surface area contributed by atoms with E-state index in [-0.39, 0.29) is 0 Å². The highest BCUT2D eigenvalue weighted by atomic mass is 35.5. The van der Waals surface area contributed by atoms with E-state index < -0.39 is 0 Å². The molecule has 90 valence electrons. The second-order valence-corrected chi connectivity index (χ2v) is 4.15. The van der Waals surface area contributed by atoms with Gasteiger partial charge < -0.3 is 0 Å². The third-order valence-electron chi connectivity index (χ3n) is 2.77. The number of aryl methyl sites for hydroxylation is 2. The largest absolute Gasteiger partial charge is 0.262 e. The standard InChI is InChI=1S/C12H15ClN4/c1-4-9-8(3)11(13)16-12(15-9)10-6-7-14-17(10)5-2/h6-7H,4-5H2,1-3H3. The van der Waals surface area contributed by atoms with E-state index in [2.05, 4.69) is 22.0 Å². The zero-order chi connectivity index (χ0) is 12.4. The second kappa shape index (κ2) is 4.84. The smallest absolute Gasteiger partial charge is 0.179 e. The summed E-state index contributed by atoms with van der Waals surface area (Å²) in [5.74, 6) is 0.650. The number of aromatic nitrogens is 4. The summed E-state index contributed by atoms with van der Waals surface area (Å²) < 4.78 is 1.86. The lowest BCUT2D eigenvalue weighted by molar-refractivity contribution is 0.663. The van der Waals surface area contributed by atoms with Crippen LogP contribution in [0.2, 0.25) is 5.15 Å². The number of hydrogen-bond acceptors (Lipinski definition) is 3. The molecule has 0 N–H and O–H groups in total. The Morgan fingerprint density at radius 2 is 2.06 bits per heavy atom. The van der Waals surface area contributed by atoms with Crippen LogP contribution in [-0.4, -0.2) is 19.7 Å². The summed E-state index contributed by atoms with van der Waals surface area (Å²) in [6.07, 6.45) is 2.60. The Hall–Kier alpha value is -1.42. The predicted molar refractivity (Wildman–Crippen MR) is 68.1 cm³/mol. The first-order valence-electron chi connectivity index (χ1n) is 5.72. The molecule has 17 heavy (non-hydrogen) atoms. The number of halogens is 1. The van der Waals surface area contributed by atoms with Gasteiger partial charge in [-0.1, -0.05) is 18.5 Å². The predicted octanol–water partition coefficient (Wildman–Crippen LogP) is 2.88. The minimum atomic E-state index is 0.524. The lowest BCUT2D eigenvalue weighted by atomic mass is 10.2. The summed E-state index contributed by atoms with van der Waals surface area (Å²) in [7, 11) is 0. The lowest BCUT2D eigenvalue weighted by Gasteiger charge is -2.08. The average Bonchev–Trinajstić information content (AvgIpc) is 2.80. The van der Waals surface area contributed by atoms with Crippen molar-refractivity contribution in [2.24, 2.45) is 0 Å². The van der Waals surface area contributed by atoms with Crippen molar-refractivity contribution in [1.29, 1.82) is 0 Å². The van der Waals surface area contributed by atoms with Gasteiger partial charge in [0.2, 0.25) is 0 Å². The van der Waals surface area contributed by atoms with E-state index in [1.807, 2.05) is 24.6 Å². The van der Waals surface area contributed by atoms with Crippen molar-refractivity contribution in [3.05, 3.63) is 28.7 Å². The molecule has 0 spiro atoms. The van der Waals surface area contributed by atoms with Crippen LogP contribution in [0.4, 0.5) is 0 Å². The van der Waals surface area contributed by atoms with E-state index >= 15 is 0 Å². The van der Waals surface area contributed by atoms with Gasteiger partial charge in [0, 0.05) is 24.0 Å². The van der Waals surface area contributed by atoms with Crippen LogP contribution in [0, 0.1) is 6.92 Å². The Labute approximate surface area is 106 Å². The fraction of sp³-hybridized carbons (Fsp3) is 0.417. The molecule has 0 aromatic carbocycles. The fourth-order valence-corrected chi connectivity index (χ4v) is 1.96. The van der Waals surface area contributed by atoms with E-state index in [0.717, 1.165) is 29.9 Å². The molecule has 0 saturated heterocycles. The van der Waals surface area contributed by atoms with Gasteiger partial charge >= 0.3 is 0 Å². The summed E-state index contributed by atoms with van der Waals surface area (Å²) in [5, 5.41) is 4.74. The monoisotopic (exact) mass is 250 g/mol. The van der Waals surface area contributed by atoms with Crippen LogP contribution >= 0.6 is 11.6 Å². The van der Waals surface area contributed by atoms with Crippen molar-refractivity contribution in [2.45, 2.75) is 33.7 Å². The van der Waals surface area contributed by atoms with Crippen LogP contribution in [0.25, 0.3) is 11.5 Å². The van der Waals surface area contributed by atoms with Crippen LogP contribution in [-0.2, 0) is 13.0 Å². The highest BCUT2D eigenvalue weighted by molar-refractivity contribution is 6.30. The maximum atomic E-state index is 6.13. The molecule has 0 bridgehead atoms. The molecule has 2 aromatic rings. The van der Waals surface area contributed by atoms with Gasteiger partial charge in [-0.25, -0.2) is 9.97 Å². The van der Waals surface area contributed by atoms with Gasteiger partial charge in [0.25, 0.3) is 0 Å². The van der Waals surface area contributed by atoms with Gasteiger partial charge in [0.05, 0.1) is 0 Å². The minimum absolute atomic E-state index is 0.524. The maximum Gasteiger partial charge on any atom is 0.179 e. The van der Waals surface area contributed by atoms with Crippen LogP contribution < -0.4 is 0 Å². The Bertz CT molecular complexity index is 533. The van der Waals surface area contributed by atoms with Gasteiger partial charge in [-0.05, 0) is 26.3 Å². The van der Waals surface area contributed by atoms with Crippen molar-refractivity contribution in [2.75, 3.05) is 0 Å². The Kier molecular flexibility index (Phi) is 3.43. The summed E-state index contributed by atoms with van der Waals surface area (Å²) in [6.45, 7) is 6.83. The molecule has 0 fully saturated rings. The molecule has 0 saturated carbocycles. The second-order valence-electron chi connectivity index (χ2n) is 3.80. The van der Waals surface area contributed by atoms with Gasteiger partial charge in [-0.15, -0.1) is 0 Å². The number of nitrogens with zero attached hydrogens (tertiary/aromatic N) is 4. The van der Waals surface area contributed by atoms with Crippen molar-refractivity contribution >= 4 is 11.6 Å². The van der Waals surface area contributed by atoms with Crippen LogP contribution in [0.1, 0.15) is 25.1 Å². The normalized spacial score (nSPS) is 10.8. The zero-order valence-corrected chi connectivity index (χ0v) is 11.0. The average molecular weight is 251 g/mol. The molecule has 0 aliphatic carbocycles. The van der Waals surface area contributed by atoms with Gasteiger partial charge in [-0.2, -0.15) is 5.10 Å². The molecule has 0 amide bonds. The van der Waals surface area contributed by atoms with Crippen LogP contribution in [0.5, 0.6) is 0 Å². The lowest BCUT2D eigenvalue weighted by Crippen LogP contribution is -2.04. The highest BCUT2D eigenvalue weighted by Gasteiger charge is 2.12. The van der Waals surface area contributed by atoms with Crippen LogP contribution in [0.15, 0.2) is 12.3 Å². The van der Waals surface area contributed by atoms with Gasteiger partial charge in [0.15, 0.2) is 5.82 Å². The van der Waals surface area contributed by atoms with E-state index in [4.69, 9.17) is 11.6 Å². The Morgan fingerprint density at radius 1 is 1.29 bits per heavy atom. The van der Waals surface area contributed by atoms with Gasteiger partial charge in [-0.3, -0.25) is 4.68 Å². The third kappa shape index (κ3) is 2.17. The van der Waals surface area contributed by atoms with E-state index in [0.29, 0.717) is 11.0 Å². The summed E-state index contributed by atoms with van der Waals surface area (Å²) >= 11 is 6.13. The molecule has 2 heterocycles. The van der Waals surface area contributed by atoms with Crippen molar-refractivity contribution in [1.82, 2.24) is 19.7 Å². The molecule has 2 aromatic heterocycles. The Balaban J connectivity index is 2.57. The molecular weight excluding hydrogens is 236 g/mol. The topological polar surface area (TPSA) is 43.6 Å². The first-order chi connectivity index (χ1) is 8.17.